The van der Waals surface area contributed by atoms with E-state index in [1.54, 1.807) is 12.1 Å². The molecule has 0 aliphatic heterocycles. The molecule has 82 valence electrons. The third kappa shape index (κ3) is 1.45. The summed E-state index contributed by atoms with van der Waals surface area (Å²) in [6.07, 6.45) is 1.29. The SMILES string of the molecule is NC(=O)c1cccc2c([N+](=O)[O-])cn(Br)c12. The van der Waals surface area contributed by atoms with Crippen LogP contribution in [-0.2, 0) is 0 Å². The summed E-state index contributed by atoms with van der Waals surface area (Å²) >= 11 is 3.11. The van der Waals surface area contributed by atoms with E-state index in [-0.39, 0.29) is 11.3 Å². The first kappa shape index (κ1) is 10.6. The Bertz CT molecular complexity index is 605. The Hall–Kier alpha value is -1.89. The van der Waals surface area contributed by atoms with E-state index in [2.05, 4.69) is 16.1 Å². The number of nitrogens with two attached hydrogens (primary N) is 1. The van der Waals surface area contributed by atoms with Gasteiger partial charge in [0.2, 0.25) is 0 Å². The summed E-state index contributed by atoms with van der Waals surface area (Å²) in [6, 6.07) is 4.65. The summed E-state index contributed by atoms with van der Waals surface area (Å²) in [7, 11) is 0. The molecule has 0 saturated heterocycles. The number of carbonyl (C=O) groups excluding carboxylic acids is 1. The number of aromatic nitrogens is 1. The van der Waals surface area contributed by atoms with Crippen LogP contribution in [0.1, 0.15) is 10.4 Å². The minimum atomic E-state index is -0.626. The average Bonchev–Trinajstić information content (AvgIpc) is 2.56. The highest BCUT2D eigenvalue weighted by atomic mass is 79.9. The van der Waals surface area contributed by atoms with Gasteiger partial charge in [0.15, 0.2) is 0 Å². The highest BCUT2D eigenvalue weighted by Crippen LogP contribution is 2.31. The van der Waals surface area contributed by atoms with Crippen LogP contribution in [0.5, 0.6) is 0 Å². The van der Waals surface area contributed by atoms with Crippen molar-refractivity contribution in [3.63, 3.8) is 0 Å². The van der Waals surface area contributed by atoms with Gasteiger partial charge in [-0.3, -0.25) is 18.5 Å². The van der Waals surface area contributed by atoms with Crippen molar-refractivity contribution < 1.29 is 9.72 Å². The molecule has 2 rings (SSSR count). The molecular formula is C9H6BrN3O3. The largest absolute Gasteiger partial charge is 0.366 e. The van der Waals surface area contributed by atoms with Crippen LogP contribution in [-0.4, -0.2) is 14.4 Å². The van der Waals surface area contributed by atoms with Crippen molar-refractivity contribution >= 4 is 38.6 Å². The molecule has 1 heterocycles. The number of hydrogen-bond donors (Lipinski definition) is 1. The Morgan fingerprint density at radius 2 is 2.19 bits per heavy atom. The monoisotopic (exact) mass is 283 g/mol. The molecule has 2 N–H and O–H groups in total. The van der Waals surface area contributed by atoms with Crippen molar-refractivity contribution in [2.24, 2.45) is 5.73 Å². The highest BCUT2D eigenvalue weighted by Gasteiger charge is 2.20. The molecule has 0 aliphatic rings. The number of nitrogens with zero attached hydrogens (tertiary/aromatic N) is 2. The fraction of sp³-hybridized carbons (Fsp3) is 0. The lowest BCUT2D eigenvalue weighted by Crippen LogP contribution is -2.11. The van der Waals surface area contributed by atoms with Crippen molar-refractivity contribution in [1.29, 1.82) is 0 Å². The lowest BCUT2D eigenvalue weighted by Gasteiger charge is -1.99. The quantitative estimate of drug-likeness (QED) is 0.673. The molecule has 2 aromatic rings. The number of benzene rings is 1. The van der Waals surface area contributed by atoms with E-state index in [4.69, 9.17) is 5.73 Å². The van der Waals surface area contributed by atoms with Crippen molar-refractivity contribution in [2.45, 2.75) is 0 Å². The zero-order chi connectivity index (χ0) is 11.9. The molecular weight excluding hydrogens is 278 g/mol. The third-order valence-electron chi connectivity index (χ3n) is 2.22. The number of halogens is 1. The predicted molar refractivity (Wildman–Crippen MR) is 61.4 cm³/mol. The number of hydrogen-bond acceptors (Lipinski definition) is 3. The van der Waals surface area contributed by atoms with Crippen molar-refractivity contribution in [1.82, 2.24) is 3.59 Å². The second-order valence-corrected chi connectivity index (χ2v) is 3.91. The molecule has 0 fully saturated rings. The standard InChI is InChI=1S/C9H6BrN3O3/c10-12-4-7(13(15)16)5-2-1-3-6(8(5)12)9(11)14/h1-4H,(H2,11,14). The Balaban J connectivity index is 2.90. The minimum Gasteiger partial charge on any atom is -0.366 e. The molecule has 0 aliphatic carbocycles. The Labute approximate surface area is 98.1 Å². The first-order chi connectivity index (χ1) is 7.52. The summed E-state index contributed by atoms with van der Waals surface area (Å²) in [5.41, 5.74) is 5.76. The van der Waals surface area contributed by atoms with Crippen molar-refractivity contribution in [3.05, 3.63) is 40.1 Å². The Kier molecular flexibility index (Phi) is 2.39. The van der Waals surface area contributed by atoms with E-state index >= 15 is 0 Å². The molecule has 0 radical (unpaired) electrons. The van der Waals surface area contributed by atoms with Gasteiger partial charge < -0.3 is 5.73 Å². The number of para-hydroxylation sites is 1. The number of nitro groups is 1. The van der Waals surface area contributed by atoms with Gasteiger partial charge in [0, 0.05) is 0 Å². The van der Waals surface area contributed by atoms with Gasteiger partial charge in [0.05, 0.1) is 43.7 Å². The summed E-state index contributed by atoms with van der Waals surface area (Å²) in [4.78, 5) is 21.4. The topological polar surface area (TPSA) is 91.2 Å². The molecule has 0 atom stereocenters. The lowest BCUT2D eigenvalue weighted by molar-refractivity contribution is -0.383. The van der Waals surface area contributed by atoms with E-state index < -0.39 is 10.8 Å². The van der Waals surface area contributed by atoms with Gasteiger partial charge in [-0.1, -0.05) is 6.07 Å². The van der Waals surface area contributed by atoms with E-state index in [9.17, 15) is 14.9 Å². The molecule has 6 nitrogen and oxygen atoms in total. The first-order valence-corrected chi connectivity index (χ1v) is 4.97. The molecule has 0 bridgehead atoms. The molecule has 1 amide bonds. The Morgan fingerprint density at radius 1 is 1.50 bits per heavy atom. The van der Waals surface area contributed by atoms with Crippen LogP contribution >= 0.6 is 16.1 Å². The third-order valence-corrected chi connectivity index (χ3v) is 2.78. The van der Waals surface area contributed by atoms with E-state index in [0.29, 0.717) is 10.9 Å². The molecule has 7 heteroatoms. The lowest BCUT2D eigenvalue weighted by atomic mass is 10.1. The van der Waals surface area contributed by atoms with Gasteiger partial charge >= 0.3 is 0 Å². The van der Waals surface area contributed by atoms with E-state index in [1.165, 1.54) is 15.9 Å². The van der Waals surface area contributed by atoms with E-state index in [0.717, 1.165) is 0 Å². The van der Waals surface area contributed by atoms with Crippen molar-refractivity contribution in [3.8, 4) is 0 Å². The van der Waals surface area contributed by atoms with Crippen LogP contribution in [0.15, 0.2) is 24.4 Å². The molecule has 0 unspecified atom stereocenters. The second kappa shape index (κ2) is 3.60. The molecule has 0 spiro atoms. The Morgan fingerprint density at radius 3 is 2.75 bits per heavy atom. The number of rotatable bonds is 2. The molecule has 0 saturated carbocycles. The van der Waals surface area contributed by atoms with Crippen LogP contribution in [0, 0.1) is 10.1 Å². The van der Waals surface area contributed by atoms with Crippen LogP contribution < -0.4 is 5.73 Å². The maximum absolute atomic E-state index is 11.2. The summed E-state index contributed by atoms with van der Waals surface area (Å²) in [6.45, 7) is 0. The zero-order valence-corrected chi connectivity index (χ0v) is 9.47. The molecule has 1 aromatic carbocycles. The minimum absolute atomic E-state index is 0.0741. The maximum Gasteiger partial charge on any atom is 0.295 e. The maximum atomic E-state index is 11.2. The number of primary amides is 1. The smallest absolute Gasteiger partial charge is 0.295 e. The van der Waals surface area contributed by atoms with Gasteiger partial charge in [-0.25, -0.2) is 0 Å². The summed E-state index contributed by atoms with van der Waals surface area (Å²) in [5.74, 6) is -0.626. The summed E-state index contributed by atoms with van der Waals surface area (Å²) in [5, 5.41) is 11.1. The number of fused-ring (bicyclic) bond motifs is 1. The van der Waals surface area contributed by atoms with Crippen LogP contribution in [0.4, 0.5) is 5.69 Å². The first-order valence-electron chi connectivity index (χ1n) is 4.27. The van der Waals surface area contributed by atoms with Crippen LogP contribution in [0.25, 0.3) is 10.9 Å². The van der Waals surface area contributed by atoms with Crippen LogP contribution in [0.3, 0.4) is 0 Å². The van der Waals surface area contributed by atoms with Gasteiger partial charge in [-0.2, -0.15) is 0 Å². The molecule has 1 aromatic heterocycles. The zero-order valence-electron chi connectivity index (χ0n) is 7.88. The van der Waals surface area contributed by atoms with Gasteiger partial charge in [-0.05, 0) is 12.1 Å². The van der Waals surface area contributed by atoms with Gasteiger partial charge in [0.25, 0.3) is 11.6 Å². The van der Waals surface area contributed by atoms with Crippen molar-refractivity contribution in [2.75, 3.05) is 0 Å². The van der Waals surface area contributed by atoms with E-state index in [1.807, 2.05) is 0 Å². The number of amides is 1. The molecule has 16 heavy (non-hydrogen) atoms. The fourth-order valence-electron chi connectivity index (χ4n) is 1.57. The summed E-state index contributed by atoms with van der Waals surface area (Å²) < 4.78 is 1.35. The van der Waals surface area contributed by atoms with Gasteiger partial charge in [-0.15, -0.1) is 0 Å². The average molecular weight is 284 g/mol. The normalized spacial score (nSPS) is 10.6. The predicted octanol–water partition coefficient (Wildman–Crippen LogP) is 1.81. The fourth-order valence-corrected chi connectivity index (χ4v) is 2.14. The number of carbonyl (C=O) groups is 1. The highest BCUT2D eigenvalue weighted by molar-refractivity contribution is 9.08. The van der Waals surface area contributed by atoms with Gasteiger partial charge in [0.1, 0.15) is 0 Å². The second-order valence-electron chi connectivity index (χ2n) is 3.15. The van der Waals surface area contributed by atoms with Crippen LogP contribution in [0.2, 0.25) is 0 Å².